The molecule has 0 bridgehead atoms. The van der Waals surface area contributed by atoms with Gasteiger partial charge in [0.15, 0.2) is 0 Å². The summed E-state index contributed by atoms with van der Waals surface area (Å²) in [6.45, 7) is 4.50. The van der Waals surface area contributed by atoms with Gasteiger partial charge in [-0.05, 0) is 25.0 Å². The molecule has 0 atom stereocenters. The Morgan fingerprint density at radius 1 is 1.11 bits per heavy atom. The lowest BCUT2D eigenvalue weighted by molar-refractivity contribution is 0.526. The van der Waals surface area contributed by atoms with Crippen LogP contribution in [0.3, 0.4) is 0 Å². The van der Waals surface area contributed by atoms with Crippen LogP contribution in [0.25, 0.3) is 0 Å². The van der Waals surface area contributed by atoms with E-state index in [1.807, 2.05) is 12.1 Å². The highest BCUT2D eigenvalue weighted by atomic mass is 35.5. The second kappa shape index (κ2) is 10.1. The average Bonchev–Trinajstić information content (AvgIpc) is 2.39. The Hall–Kier alpha value is -0.760. The summed E-state index contributed by atoms with van der Waals surface area (Å²) in [5, 5.41) is 4.17. The van der Waals surface area contributed by atoms with Gasteiger partial charge in [0.2, 0.25) is 0 Å². The summed E-state index contributed by atoms with van der Waals surface area (Å²) in [6, 6.07) is 4.48. The highest BCUT2D eigenvalue weighted by molar-refractivity contribution is 6.29. The van der Waals surface area contributed by atoms with E-state index in [0.29, 0.717) is 11.2 Å². The number of hydrogen-bond donors (Lipinski definition) is 1. The van der Waals surface area contributed by atoms with Crippen molar-refractivity contribution in [2.24, 2.45) is 0 Å². The van der Waals surface area contributed by atoms with E-state index in [-0.39, 0.29) is 0 Å². The van der Waals surface area contributed by atoms with Gasteiger partial charge in [0.25, 0.3) is 0 Å². The van der Waals surface area contributed by atoms with Gasteiger partial charge < -0.3 is 5.32 Å². The highest BCUT2D eigenvalue weighted by Crippen LogP contribution is 2.18. The summed E-state index contributed by atoms with van der Waals surface area (Å²) < 4.78 is 0. The second-order valence-corrected chi connectivity index (χ2v) is 5.59. The van der Waals surface area contributed by atoms with Crippen LogP contribution in [0.5, 0.6) is 0 Å². The molecule has 0 spiro atoms. The van der Waals surface area contributed by atoms with Gasteiger partial charge in [-0.3, -0.25) is 0 Å². The molecule has 0 aromatic carbocycles. The molecule has 0 aliphatic carbocycles. The molecule has 0 fully saturated rings. The van der Waals surface area contributed by atoms with Gasteiger partial charge in [-0.2, -0.15) is 0 Å². The van der Waals surface area contributed by atoms with Crippen LogP contribution in [-0.2, 0) is 0 Å². The fourth-order valence-electron chi connectivity index (χ4n) is 2.30. The molecule has 108 valence electrons. The summed E-state index contributed by atoms with van der Waals surface area (Å²) in [5.41, 5.74) is 1.10. The molecular weight excluding hydrogens is 256 g/mol. The molecule has 0 aliphatic heterocycles. The number of aromatic nitrogens is 1. The van der Waals surface area contributed by atoms with Gasteiger partial charge in [0.05, 0.1) is 0 Å². The standard InChI is InChI=1S/C16H27ClN2/c1-3-5-7-9-14(10-8-6-4-2)19-15-11-12-18-16(17)13-15/h11-14H,3-10H2,1-2H3,(H,18,19). The molecule has 1 rings (SSSR count). The molecule has 2 nitrogen and oxygen atoms in total. The van der Waals surface area contributed by atoms with Gasteiger partial charge in [0.1, 0.15) is 5.15 Å². The lowest BCUT2D eigenvalue weighted by Crippen LogP contribution is -2.19. The maximum absolute atomic E-state index is 5.93. The zero-order valence-corrected chi connectivity index (χ0v) is 13.0. The first-order valence-electron chi connectivity index (χ1n) is 7.64. The van der Waals surface area contributed by atoms with E-state index in [2.05, 4.69) is 24.1 Å². The minimum Gasteiger partial charge on any atom is -0.382 e. The van der Waals surface area contributed by atoms with Crippen LogP contribution < -0.4 is 5.32 Å². The zero-order chi connectivity index (χ0) is 13.9. The second-order valence-electron chi connectivity index (χ2n) is 5.20. The smallest absolute Gasteiger partial charge is 0.131 e. The number of anilines is 1. The van der Waals surface area contributed by atoms with Gasteiger partial charge >= 0.3 is 0 Å². The molecule has 0 amide bonds. The summed E-state index contributed by atoms with van der Waals surface area (Å²) >= 11 is 5.93. The van der Waals surface area contributed by atoms with Crippen molar-refractivity contribution in [3.8, 4) is 0 Å². The Bertz CT molecular complexity index is 331. The quantitative estimate of drug-likeness (QED) is 0.441. The monoisotopic (exact) mass is 282 g/mol. The van der Waals surface area contributed by atoms with E-state index in [9.17, 15) is 0 Å². The third-order valence-corrected chi connectivity index (χ3v) is 3.62. The molecule has 1 aromatic rings. The van der Waals surface area contributed by atoms with Crippen molar-refractivity contribution in [2.75, 3.05) is 5.32 Å². The van der Waals surface area contributed by atoms with Crippen LogP contribution >= 0.6 is 11.6 Å². The van der Waals surface area contributed by atoms with Crippen molar-refractivity contribution in [1.29, 1.82) is 0 Å². The molecule has 0 aliphatic rings. The van der Waals surface area contributed by atoms with E-state index < -0.39 is 0 Å². The Kier molecular flexibility index (Phi) is 8.64. The van der Waals surface area contributed by atoms with Crippen molar-refractivity contribution >= 4 is 17.3 Å². The first-order valence-corrected chi connectivity index (χ1v) is 8.02. The van der Waals surface area contributed by atoms with Crippen LogP contribution in [0.15, 0.2) is 18.3 Å². The van der Waals surface area contributed by atoms with Crippen molar-refractivity contribution in [3.63, 3.8) is 0 Å². The molecule has 19 heavy (non-hydrogen) atoms. The Labute approximate surface area is 123 Å². The third kappa shape index (κ3) is 7.41. The number of nitrogens with one attached hydrogen (secondary N) is 1. The number of unbranched alkanes of at least 4 members (excludes halogenated alkanes) is 4. The number of hydrogen-bond acceptors (Lipinski definition) is 2. The van der Waals surface area contributed by atoms with Crippen molar-refractivity contribution in [1.82, 2.24) is 4.98 Å². The van der Waals surface area contributed by atoms with Crippen molar-refractivity contribution in [3.05, 3.63) is 23.5 Å². The number of pyridine rings is 1. The minimum absolute atomic E-state index is 0.561. The molecule has 1 heterocycles. The molecule has 1 aromatic heterocycles. The van der Waals surface area contributed by atoms with Gasteiger partial charge in [0, 0.05) is 17.9 Å². The predicted octanol–water partition coefficient (Wildman–Crippen LogP) is 5.68. The van der Waals surface area contributed by atoms with Crippen LogP contribution in [0, 0.1) is 0 Å². The Morgan fingerprint density at radius 2 is 1.74 bits per heavy atom. The first-order chi connectivity index (χ1) is 9.26. The van der Waals surface area contributed by atoms with Gasteiger partial charge in [-0.15, -0.1) is 0 Å². The largest absolute Gasteiger partial charge is 0.382 e. The lowest BCUT2D eigenvalue weighted by atomic mass is 10.0. The van der Waals surface area contributed by atoms with E-state index in [1.165, 1.54) is 51.4 Å². The van der Waals surface area contributed by atoms with E-state index in [0.717, 1.165) is 5.69 Å². The number of rotatable bonds is 10. The van der Waals surface area contributed by atoms with Crippen molar-refractivity contribution in [2.45, 2.75) is 71.3 Å². The SMILES string of the molecule is CCCCCC(CCCCC)Nc1ccnc(Cl)c1. The maximum Gasteiger partial charge on any atom is 0.131 e. The van der Waals surface area contributed by atoms with Crippen molar-refractivity contribution < 1.29 is 0 Å². The molecule has 0 radical (unpaired) electrons. The summed E-state index contributed by atoms with van der Waals surface area (Å²) in [5.74, 6) is 0. The summed E-state index contributed by atoms with van der Waals surface area (Å²) in [4.78, 5) is 4.02. The lowest BCUT2D eigenvalue weighted by Gasteiger charge is -2.20. The molecule has 0 saturated carbocycles. The topological polar surface area (TPSA) is 24.9 Å². The van der Waals surface area contributed by atoms with Gasteiger partial charge in [-0.25, -0.2) is 4.98 Å². The molecule has 3 heteroatoms. The summed E-state index contributed by atoms with van der Waals surface area (Å²) in [6.07, 6.45) is 12.1. The van der Waals surface area contributed by atoms with E-state index in [1.54, 1.807) is 6.20 Å². The summed E-state index contributed by atoms with van der Waals surface area (Å²) in [7, 11) is 0. The highest BCUT2D eigenvalue weighted by Gasteiger charge is 2.08. The Morgan fingerprint density at radius 3 is 2.26 bits per heavy atom. The normalized spacial score (nSPS) is 10.9. The fourth-order valence-corrected chi connectivity index (χ4v) is 2.47. The van der Waals surface area contributed by atoms with Crippen LogP contribution in [0.1, 0.15) is 65.2 Å². The molecule has 0 saturated heterocycles. The maximum atomic E-state index is 5.93. The predicted molar refractivity (Wildman–Crippen MR) is 84.9 cm³/mol. The number of nitrogens with zero attached hydrogens (tertiary/aromatic N) is 1. The van der Waals surface area contributed by atoms with Crippen LogP contribution in [-0.4, -0.2) is 11.0 Å². The van der Waals surface area contributed by atoms with Crippen LogP contribution in [0.2, 0.25) is 5.15 Å². The van der Waals surface area contributed by atoms with Gasteiger partial charge in [-0.1, -0.05) is 64.0 Å². The fraction of sp³-hybridized carbons (Fsp3) is 0.688. The minimum atomic E-state index is 0.561. The van der Waals surface area contributed by atoms with E-state index >= 15 is 0 Å². The molecular formula is C16H27ClN2. The molecule has 1 N–H and O–H groups in total. The third-order valence-electron chi connectivity index (χ3n) is 3.41. The first kappa shape index (κ1) is 16.3. The Balaban J connectivity index is 2.46. The number of halogens is 1. The molecule has 0 unspecified atom stereocenters. The van der Waals surface area contributed by atoms with E-state index in [4.69, 9.17) is 11.6 Å². The average molecular weight is 283 g/mol. The zero-order valence-electron chi connectivity index (χ0n) is 12.3. The van der Waals surface area contributed by atoms with Crippen LogP contribution in [0.4, 0.5) is 5.69 Å².